The van der Waals surface area contributed by atoms with Crippen LogP contribution in [0.5, 0.6) is 0 Å². The van der Waals surface area contributed by atoms with Gasteiger partial charge in [-0.1, -0.05) is 26.8 Å². The Morgan fingerprint density at radius 1 is 1.35 bits per heavy atom. The number of aryl methyl sites for hydroxylation is 1. The summed E-state index contributed by atoms with van der Waals surface area (Å²) in [5, 5.41) is 0. The molecule has 3 nitrogen and oxygen atoms in total. The van der Waals surface area contributed by atoms with Crippen LogP contribution >= 0.6 is 0 Å². The maximum Gasteiger partial charge on any atom is 0.127 e. The van der Waals surface area contributed by atoms with Gasteiger partial charge < -0.3 is 10.3 Å². The van der Waals surface area contributed by atoms with Gasteiger partial charge in [0.15, 0.2) is 0 Å². The van der Waals surface area contributed by atoms with Gasteiger partial charge >= 0.3 is 0 Å². The van der Waals surface area contributed by atoms with Crippen molar-refractivity contribution >= 4 is 5.82 Å². The van der Waals surface area contributed by atoms with Gasteiger partial charge in [-0.25, -0.2) is 4.98 Å². The predicted molar refractivity (Wildman–Crippen MR) is 74.2 cm³/mol. The fourth-order valence-electron chi connectivity index (χ4n) is 2.26. The maximum absolute atomic E-state index is 6.23. The van der Waals surface area contributed by atoms with Gasteiger partial charge in [-0.15, -0.1) is 6.58 Å². The number of aromatic nitrogens is 2. The Hall–Kier alpha value is -1.25. The summed E-state index contributed by atoms with van der Waals surface area (Å²) in [5.41, 5.74) is 7.31. The maximum atomic E-state index is 6.23. The summed E-state index contributed by atoms with van der Waals surface area (Å²) in [6.45, 7) is 11.1. The van der Waals surface area contributed by atoms with E-state index in [0.717, 1.165) is 49.6 Å². The molecule has 1 rings (SSSR count). The lowest BCUT2D eigenvalue weighted by atomic mass is 9.99. The number of nitrogen functional groups attached to an aromatic ring is 1. The van der Waals surface area contributed by atoms with E-state index in [-0.39, 0.29) is 0 Å². The highest BCUT2D eigenvalue weighted by molar-refractivity contribution is 5.41. The van der Waals surface area contributed by atoms with E-state index in [4.69, 9.17) is 10.7 Å². The Bertz CT molecular complexity index is 362. The molecule has 0 spiro atoms. The first-order valence-electron chi connectivity index (χ1n) is 6.65. The molecule has 1 aromatic rings. The van der Waals surface area contributed by atoms with Gasteiger partial charge in [0.2, 0.25) is 0 Å². The highest BCUT2D eigenvalue weighted by Crippen LogP contribution is 2.28. The molecule has 2 N–H and O–H groups in total. The molecule has 0 fully saturated rings. The van der Waals surface area contributed by atoms with Crippen molar-refractivity contribution < 1.29 is 0 Å². The van der Waals surface area contributed by atoms with Crippen molar-refractivity contribution in [3.63, 3.8) is 0 Å². The number of nitrogens with zero attached hydrogens (tertiary/aromatic N) is 2. The van der Waals surface area contributed by atoms with Crippen molar-refractivity contribution in [2.24, 2.45) is 0 Å². The third-order valence-corrected chi connectivity index (χ3v) is 3.27. The number of imidazole rings is 1. The Morgan fingerprint density at radius 3 is 2.47 bits per heavy atom. The van der Waals surface area contributed by atoms with Crippen LogP contribution in [0.25, 0.3) is 0 Å². The molecule has 0 aliphatic heterocycles. The molecule has 0 aromatic carbocycles. The Labute approximate surface area is 105 Å². The van der Waals surface area contributed by atoms with Crippen molar-refractivity contribution in [1.82, 2.24) is 9.55 Å². The average molecular weight is 235 g/mol. The lowest BCUT2D eigenvalue weighted by Gasteiger charge is -2.10. The van der Waals surface area contributed by atoms with Crippen molar-refractivity contribution in [3.05, 3.63) is 24.2 Å². The fourth-order valence-corrected chi connectivity index (χ4v) is 2.26. The lowest BCUT2D eigenvalue weighted by Crippen LogP contribution is -2.07. The Morgan fingerprint density at radius 2 is 2.00 bits per heavy atom. The second-order valence-electron chi connectivity index (χ2n) is 4.46. The summed E-state index contributed by atoms with van der Waals surface area (Å²) < 4.78 is 2.10. The molecular weight excluding hydrogens is 210 g/mol. The van der Waals surface area contributed by atoms with Gasteiger partial charge in [0.25, 0.3) is 0 Å². The van der Waals surface area contributed by atoms with Crippen LogP contribution in [0.4, 0.5) is 5.82 Å². The quantitative estimate of drug-likeness (QED) is 0.735. The minimum Gasteiger partial charge on any atom is -0.384 e. The molecule has 17 heavy (non-hydrogen) atoms. The number of hydrogen-bond acceptors (Lipinski definition) is 2. The van der Waals surface area contributed by atoms with Gasteiger partial charge in [-0.05, 0) is 19.3 Å². The van der Waals surface area contributed by atoms with Gasteiger partial charge in [0.05, 0.1) is 5.69 Å². The average Bonchev–Trinajstić information content (AvgIpc) is 2.61. The second kappa shape index (κ2) is 6.48. The molecule has 0 aliphatic rings. The molecule has 0 amide bonds. The van der Waals surface area contributed by atoms with Crippen LogP contribution in [0.15, 0.2) is 12.7 Å². The van der Waals surface area contributed by atoms with E-state index in [1.807, 2.05) is 6.08 Å². The topological polar surface area (TPSA) is 43.8 Å². The molecule has 0 radical (unpaired) electrons. The summed E-state index contributed by atoms with van der Waals surface area (Å²) in [5.74, 6) is 2.42. The summed E-state index contributed by atoms with van der Waals surface area (Å²) in [6, 6.07) is 0. The highest BCUT2D eigenvalue weighted by atomic mass is 15.1. The molecule has 96 valence electrons. The molecule has 0 saturated heterocycles. The zero-order chi connectivity index (χ0) is 12.8. The van der Waals surface area contributed by atoms with Gasteiger partial charge in [0.1, 0.15) is 11.6 Å². The minimum absolute atomic E-state index is 0.483. The molecule has 0 atom stereocenters. The highest BCUT2D eigenvalue weighted by Gasteiger charge is 2.19. The second-order valence-corrected chi connectivity index (χ2v) is 4.46. The van der Waals surface area contributed by atoms with E-state index in [1.165, 1.54) is 0 Å². The van der Waals surface area contributed by atoms with Crippen LogP contribution in [0.2, 0.25) is 0 Å². The van der Waals surface area contributed by atoms with Crippen LogP contribution in [0, 0.1) is 0 Å². The van der Waals surface area contributed by atoms with Crippen LogP contribution in [0.3, 0.4) is 0 Å². The number of allylic oxidation sites excluding steroid dienone is 1. The Kier molecular flexibility index (Phi) is 5.26. The van der Waals surface area contributed by atoms with E-state index in [0.29, 0.717) is 5.92 Å². The Balaban J connectivity index is 3.14. The van der Waals surface area contributed by atoms with Crippen molar-refractivity contribution in [2.75, 3.05) is 5.73 Å². The largest absolute Gasteiger partial charge is 0.384 e. The van der Waals surface area contributed by atoms with Crippen LogP contribution in [-0.4, -0.2) is 9.55 Å². The molecule has 3 heteroatoms. The molecular formula is C14H25N3. The van der Waals surface area contributed by atoms with Crippen molar-refractivity contribution in [2.45, 2.75) is 58.9 Å². The first-order valence-corrected chi connectivity index (χ1v) is 6.65. The van der Waals surface area contributed by atoms with E-state index < -0.39 is 0 Å². The lowest BCUT2D eigenvalue weighted by molar-refractivity contribution is 0.626. The molecule has 0 aliphatic carbocycles. The van der Waals surface area contributed by atoms with Crippen LogP contribution in [-0.2, 0) is 13.0 Å². The molecule has 0 unspecified atom stereocenters. The molecule has 1 heterocycles. The number of nitrogens with two attached hydrogens (primary N) is 1. The zero-order valence-corrected chi connectivity index (χ0v) is 11.4. The predicted octanol–water partition coefficient (Wildman–Crippen LogP) is 3.51. The third kappa shape index (κ3) is 2.90. The number of anilines is 1. The normalized spacial score (nSPS) is 11.1. The minimum atomic E-state index is 0.483. The monoisotopic (exact) mass is 235 g/mol. The van der Waals surface area contributed by atoms with Crippen LogP contribution < -0.4 is 5.73 Å². The van der Waals surface area contributed by atoms with Crippen molar-refractivity contribution in [1.29, 1.82) is 0 Å². The zero-order valence-electron chi connectivity index (χ0n) is 11.4. The number of hydrogen-bond donors (Lipinski definition) is 1. The first-order chi connectivity index (χ1) is 8.19. The van der Waals surface area contributed by atoms with E-state index in [2.05, 4.69) is 31.9 Å². The molecule has 0 bridgehead atoms. The van der Waals surface area contributed by atoms with Gasteiger partial charge in [0, 0.05) is 18.9 Å². The smallest absolute Gasteiger partial charge is 0.127 e. The number of rotatable bonds is 7. The van der Waals surface area contributed by atoms with E-state index in [9.17, 15) is 0 Å². The summed E-state index contributed by atoms with van der Waals surface area (Å²) in [6.07, 6.45) is 6.15. The van der Waals surface area contributed by atoms with Crippen LogP contribution in [0.1, 0.15) is 57.5 Å². The van der Waals surface area contributed by atoms with Gasteiger partial charge in [-0.2, -0.15) is 0 Å². The first kappa shape index (κ1) is 13.8. The standard InChI is InChI=1S/C14H25N3/c1-5-9-12-16-13(11(7-3)8-4)14(15)17(12)10-6-2/h6,11H,2,5,7-10,15H2,1,3-4H3. The summed E-state index contributed by atoms with van der Waals surface area (Å²) in [7, 11) is 0. The van der Waals surface area contributed by atoms with Crippen molar-refractivity contribution in [3.8, 4) is 0 Å². The molecule has 1 aromatic heterocycles. The van der Waals surface area contributed by atoms with E-state index >= 15 is 0 Å². The van der Waals surface area contributed by atoms with E-state index in [1.54, 1.807) is 0 Å². The fraction of sp³-hybridized carbons (Fsp3) is 0.643. The summed E-state index contributed by atoms with van der Waals surface area (Å²) >= 11 is 0. The summed E-state index contributed by atoms with van der Waals surface area (Å²) in [4.78, 5) is 4.75. The third-order valence-electron chi connectivity index (χ3n) is 3.27. The SMILES string of the molecule is C=CCn1c(CCC)nc(C(CC)CC)c1N. The van der Waals surface area contributed by atoms with Gasteiger partial charge in [-0.3, -0.25) is 0 Å². The molecule has 0 saturated carbocycles.